The van der Waals surface area contributed by atoms with Gasteiger partial charge in [-0.2, -0.15) is 0 Å². The van der Waals surface area contributed by atoms with Gasteiger partial charge in [0.25, 0.3) is 0 Å². The summed E-state index contributed by atoms with van der Waals surface area (Å²) in [7, 11) is 0. The molecule has 162 valence electrons. The standard InChI is InChI=1S/C28H32O3/c1-14-18(5)27(30)19(6)15(2)24(14)26(23-11-9-22(13-29)10-12-23)25-16(3)20(7)28(31)21(8)17(25)4/h9-13,26,30-31H,1-8H3. The van der Waals surface area contributed by atoms with Gasteiger partial charge in [0.1, 0.15) is 17.8 Å². The smallest absolute Gasteiger partial charge is 0.150 e. The monoisotopic (exact) mass is 416 g/mol. The lowest BCUT2D eigenvalue weighted by atomic mass is 9.74. The van der Waals surface area contributed by atoms with E-state index in [1.54, 1.807) is 0 Å². The minimum Gasteiger partial charge on any atom is -0.507 e. The molecule has 0 spiro atoms. The van der Waals surface area contributed by atoms with Crippen LogP contribution >= 0.6 is 0 Å². The Kier molecular flexibility index (Phi) is 6.00. The maximum atomic E-state index is 11.2. The van der Waals surface area contributed by atoms with Crippen LogP contribution in [0.15, 0.2) is 24.3 Å². The van der Waals surface area contributed by atoms with Crippen LogP contribution in [0.4, 0.5) is 0 Å². The van der Waals surface area contributed by atoms with E-state index in [1.807, 2.05) is 52.0 Å². The third-order valence-electron chi connectivity index (χ3n) is 7.27. The van der Waals surface area contributed by atoms with Crippen molar-refractivity contribution in [1.82, 2.24) is 0 Å². The van der Waals surface area contributed by atoms with Gasteiger partial charge in [0.15, 0.2) is 0 Å². The first-order chi connectivity index (χ1) is 14.5. The van der Waals surface area contributed by atoms with Crippen molar-refractivity contribution in [1.29, 1.82) is 0 Å². The van der Waals surface area contributed by atoms with E-state index in [4.69, 9.17) is 0 Å². The average molecular weight is 417 g/mol. The molecular formula is C28H32O3. The fraction of sp³-hybridized carbons (Fsp3) is 0.321. The number of hydrogen-bond acceptors (Lipinski definition) is 3. The molecule has 3 aromatic carbocycles. The number of aromatic hydroxyl groups is 2. The second-order valence-electron chi connectivity index (χ2n) is 8.74. The van der Waals surface area contributed by atoms with Crippen molar-refractivity contribution in [2.75, 3.05) is 0 Å². The molecule has 3 heteroatoms. The lowest BCUT2D eigenvalue weighted by molar-refractivity contribution is 0.112. The van der Waals surface area contributed by atoms with Crippen LogP contribution in [0.1, 0.15) is 77.5 Å². The average Bonchev–Trinajstić information content (AvgIpc) is 2.78. The molecule has 0 atom stereocenters. The Labute approximate surface area is 185 Å². The number of rotatable bonds is 4. The van der Waals surface area contributed by atoms with Crippen LogP contribution < -0.4 is 0 Å². The van der Waals surface area contributed by atoms with Crippen molar-refractivity contribution in [2.45, 2.75) is 61.3 Å². The molecule has 0 radical (unpaired) electrons. The van der Waals surface area contributed by atoms with E-state index in [-0.39, 0.29) is 5.92 Å². The summed E-state index contributed by atoms with van der Waals surface area (Å²) in [6.07, 6.45) is 0.857. The predicted octanol–water partition coefficient (Wildman–Crippen LogP) is 6.56. The number of hydrogen-bond donors (Lipinski definition) is 2. The maximum absolute atomic E-state index is 11.2. The zero-order chi connectivity index (χ0) is 23.2. The van der Waals surface area contributed by atoms with E-state index in [1.165, 1.54) is 11.1 Å². The van der Waals surface area contributed by atoms with Crippen molar-refractivity contribution < 1.29 is 15.0 Å². The van der Waals surface area contributed by atoms with Gasteiger partial charge in [0, 0.05) is 11.5 Å². The molecule has 0 saturated carbocycles. The Bertz CT molecular complexity index is 1060. The minimum absolute atomic E-state index is 0.0864. The van der Waals surface area contributed by atoms with Crippen LogP contribution in [0, 0.1) is 55.4 Å². The summed E-state index contributed by atoms with van der Waals surface area (Å²) in [5.74, 6) is 0.609. The maximum Gasteiger partial charge on any atom is 0.150 e. The number of aldehydes is 1. The first-order valence-electron chi connectivity index (χ1n) is 10.7. The second kappa shape index (κ2) is 8.22. The van der Waals surface area contributed by atoms with Gasteiger partial charge in [0.05, 0.1) is 0 Å². The van der Waals surface area contributed by atoms with Crippen molar-refractivity contribution >= 4 is 6.29 Å². The summed E-state index contributed by atoms with van der Waals surface area (Å²) in [5, 5.41) is 21.3. The van der Waals surface area contributed by atoms with Crippen LogP contribution in [0.3, 0.4) is 0 Å². The van der Waals surface area contributed by atoms with Gasteiger partial charge in [-0.1, -0.05) is 24.3 Å². The lowest BCUT2D eigenvalue weighted by Gasteiger charge is -2.30. The summed E-state index contributed by atoms with van der Waals surface area (Å²) < 4.78 is 0. The third-order valence-corrected chi connectivity index (χ3v) is 7.27. The van der Waals surface area contributed by atoms with Gasteiger partial charge in [0.2, 0.25) is 0 Å². The topological polar surface area (TPSA) is 57.5 Å². The highest BCUT2D eigenvalue weighted by Crippen LogP contribution is 2.45. The van der Waals surface area contributed by atoms with E-state index >= 15 is 0 Å². The normalized spacial score (nSPS) is 11.3. The number of phenolic OH excluding ortho intramolecular Hbond substituents is 2. The third kappa shape index (κ3) is 3.52. The van der Waals surface area contributed by atoms with Gasteiger partial charge in [-0.05, 0) is 117 Å². The van der Waals surface area contributed by atoms with E-state index in [0.717, 1.165) is 56.4 Å². The molecular weight excluding hydrogens is 384 g/mol. The molecule has 0 aliphatic carbocycles. The van der Waals surface area contributed by atoms with Crippen LogP contribution in [-0.2, 0) is 0 Å². The fourth-order valence-electron chi connectivity index (χ4n) is 4.75. The minimum atomic E-state index is -0.0864. The van der Waals surface area contributed by atoms with Crippen molar-refractivity contribution in [2.24, 2.45) is 0 Å². The van der Waals surface area contributed by atoms with Gasteiger partial charge in [-0.25, -0.2) is 0 Å². The molecule has 0 aliphatic rings. The van der Waals surface area contributed by atoms with Crippen molar-refractivity contribution in [3.05, 3.63) is 91.0 Å². The highest BCUT2D eigenvalue weighted by atomic mass is 16.3. The van der Waals surface area contributed by atoms with Gasteiger partial charge in [-0.15, -0.1) is 0 Å². The molecule has 2 N–H and O–H groups in total. The van der Waals surface area contributed by atoms with Crippen LogP contribution in [0.5, 0.6) is 11.5 Å². The fourth-order valence-corrected chi connectivity index (χ4v) is 4.75. The van der Waals surface area contributed by atoms with Gasteiger partial charge < -0.3 is 10.2 Å². The van der Waals surface area contributed by atoms with Gasteiger partial charge >= 0.3 is 0 Å². The van der Waals surface area contributed by atoms with Crippen molar-refractivity contribution in [3.8, 4) is 11.5 Å². The van der Waals surface area contributed by atoms with Crippen molar-refractivity contribution in [3.63, 3.8) is 0 Å². The zero-order valence-electron chi connectivity index (χ0n) is 19.8. The second-order valence-corrected chi connectivity index (χ2v) is 8.74. The highest BCUT2D eigenvalue weighted by molar-refractivity contribution is 5.75. The first kappa shape index (κ1) is 22.6. The summed E-state index contributed by atoms with van der Waals surface area (Å²) in [5.41, 5.74) is 11.8. The summed E-state index contributed by atoms with van der Waals surface area (Å²) in [6.45, 7) is 16.1. The Hall–Kier alpha value is -3.07. The molecule has 0 saturated heterocycles. The summed E-state index contributed by atoms with van der Waals surface area (Å²) >= 11 is 0. The van der Waals surface area contributed by atoms with Crippen LogP contribution in [0.2, 0.25) is 0 Å². The zero-order valence-corrected chi connectivity index (χ0v) is 19.8. The predicted molar refractivity (Wildman–Crippen MR) is 127 cm³/mol. The number of carbonyl (C=O) groups is 1. The highest BCUT2D eigenvalue weighted by Gasteiger charge is 2.29. The Balaban J connectivity index is 2.49. The molecule has 0 heterocycles. The quantitative estimate of drug-likeness (QED) is 0.374. The SMILES string of the molecule is Cc1c(C)c(C(c2ccc(C=O)cc2)c2c(C)c(C)c(O)c(C)c2C)c(C)c(C)c1O. The molecule has 3 rings (SSSR count). The molecule has 3 aromatic rings. The number of carbonyl (C=O) groups excluding carboxylic acids is 1. The number of phenols is 2. The number of benzene rings is 3. The largest absolute Gasteiger partial charge is 0.507 e. The summed E-state index contributed by atoms with van der Waals surface area (Å²) in [4.78, 5) is 11.2. The first-order valence-corrected chi connectivity index (χ1v) is 10.7. The molecule has 0 unspecified atom stereocenters. The molecule has 0 aliphatic heterocycles. The lowest BCUT2D eigenvalue weighted by Crippen LogP contribution is -2.14. The molecule has 0 fully saturated rings. The van der Waals surface area contributed by atoms with E-state index < -0.39 is 0 Å². The van der Waals surface area contributed by atoms with E-state index in [0.29, 0.717) is 17.1 Å². The molecule has 3 nitrogen and oxygen atoms in total. The Morgan fingerprint density at radius 1 is 0.581 bits per heavy atom. The molecule has 0 bridgehead atoms. The molecule has 0 aromatic heterocycles. The Morgan fingerprint density at radius 2 is 0.903 bits per heavy atom. The van der Waals surface area contributed by atoms with E-state index in [9.17, 15) is 15.0 Å². The molecule has 31 heavy (non-hydrogen) atoms. The van der Waals surface area contributed by atoms with Crippen LogP contribution in [-0.4, -0.2) is 16.5 Å². The van der Waals surface area contributed by atoms with E-state index in [2.05, 4.69) is 27.7 Å². The molecule has 0 amide bonds. The van der Waals surface area contributed by atoms with Gasteiger partial charge in [-0.3, -0.25) is 4.79 Å². The Morgan fingerprint density at radius 3 is 1.19 bits per heavy atom. The van der Waals surface area contributed by atoms with Crippen LogP contribution in [0.25, 0.3) is 0 Å². The summed E-state index contributed by atoms with van der Waals surface area (Å²) in [6, 6.07) is 7.73.